The Morgan fingerprint density at radius 3 is 2.37 bits per heavy atom. The summed E-state index contributed by atoms with van der Waals surface area (Å²) >= 11 is 0. The molecule has 0 bridgehead atoms. The Kier molecular flexibility index (Phi) is 4.84. The average Bonchev–Trinajstić information content (AvgIpc) is 3.30. The van der Waals surface area contributed by atoms with Crippen molar-refractivity contribution < 1.29 is 8.78 Å². The van der Waals surface area contributed by atoms with Crippen molar-refractivity contribution in [2.75, 3.05) is 5.73 Å². The van der Waals surface area contributed by atoms with E-state index >= 15 is 0 Å². The molecule has 35 heavy (non-hydrogen) atoms. The molecule has 0 radical (unpaired) electrons. The molecule has 0 aliphatic heterocycles. The van der Waals surface area contributed by atoms with Crippen molar-refractivity contribution in [1.82, 2.24) is 34.5 Å². The number of fused-ring (bicyclic) bond motifs is 2. The van der Waals surface area contributed by atoms with Gasteiger partial charge in [-0.15, -0.1) is 5.10 Å². The smallest absolute Gasteiger partial charge is 0.223 e. The fourth-order valence-electron chi connectivity index (χ4n) is 3.97. The van der Waals surface area contributed by atoms with Crippen LogP contribution in [-0.2, 0) is 6.42 Å². The molecule has 0 saturated carbocycles. The Morgan fingerprint density at radius 1 is 0.800 bits per heavy atom. The Balaban J connectivity index is 1.61. The number of hydrogen-bond donors (Lipinski definition) is 1. The van der Waals surface area contributed by atoms with E-state index in [1.807, 2.05) is 18.2 Å². The molecule has 0 amide bonds. The molecule has 170 valence electrons. The fraction of sp³-hybridized carbons (Fsp3) is 0.0400. The second-order valence-corrected chi connectivity index (χ2v) is 7.83. The van der Waals surface area contributed by atoms with E-state index in [1.54, 1.807) is 24.5 Å². The largest absolute Gasteiger partial charge is 0.368 e. The minimum absolute atomic E-state index is 0.0717. The Hall–Kier alpha value is -4.86. The van der Waals surface area contributed by atoms with Gasteiger partial charge in [-0.2, -0.15) is 4.52 Å². The number of nitrogen functional groups attached to an aromatic ring is 1. The topological polar surface area (TPSA) is 108 Å². The van der Waals surface area contributed by atoms with Gasteiger partial charge < -0.3 is 5.73 Å². The third-order valence-corrected chi connectivity index (χ3v) is 5.59. The van der Waals surface area contributed by atoms with Gasteiger partial charge in [-0.25, -0.2) is 18.7 Å². The highest BCUT2D eigenvalue weighted by molar-refractivity contribution is 5.93. The second-order valence-electron chi connectivity index (χ2n) is 7.83. The monoisotopic (exact) mass is 466 g/mol. The van der Waals surface area contributed by atoms with Crippen LogP contribution in [0.25, 0.3) is 39.1 Å². The van der Waals surface area contributed by atoms with Crippen molar-refractivity contribution in [3.8, 4) is 22.4 Å². The molecule has 0 spiro atoms. The minimum Gasteiger partial charge on any atom is -0.368 e. The van der Waals surface area contributed by atoms with Crippen molar-refractivity contribution in [1.29, 1.82) is 0 Å². The van der Waals surface area contributed by atoms with Crippen LogP contribution in [0.15, 0.2) is 73.2 Å². The lowest BCUT2D eigenvalue weighted by atomic mass is 9.99. The first-order valence-electron chi connectivity index (χ1n) is 10.7. The molecule has 8 nitrogen and oxygen atoms in total. The zero-order valence-corrected chi connectivity index (χ0v) is 18.1. The summed E-state index contributed by atoms with van der Waals surface area (Å²) in [5, 5.41) is 4.47. The molecule has 4 aromatic heterocycles. The first-order chi connectivity index (χ1) is 17.1. The van der Waals surface area contributed by atoms with Gasteiger partial charge in [-0.05, 0) is 54.1 Å². The lowest BCUT2D eigenvalue weighted by Gasteiger charge is -2.12. The van der Waals surface area contributed by atoms with Gasteiger partial charge in [0, 0.05) is 24.2 Å². The Morgan fingerprint density at radius 2 is 1.57 bits per heavy atom. The molecular formula is C25H16F2N8. The Labute approximate surface area is 197 Å². The minimum atomic E-state index is -0.446. The standard InChI is InChI=1S/C25H16F2N8/c26-16-6-3-14(4-7-16)23-22(15-5-8-18-20(12-15)31-11-10-30-18)24-32-21(34-35(24)25(28)33-23)13-19-17(27)2-1-9-29-19/h1-12H,13H2,(H2,28,33). The van der Waals surface area contributed by atoms with Crippen molar-refractivity contribution in [3.05, 3.63) is 96.3 Å². The third kappa shape index (κ3) is 3.70. The molecule has 0 aliphatic carbocycles. The van der Waals surface area contributed by atoms with E-state index in [0.29, 0.717) is 33.8 Å². The zero-order valence-electron chi connectivity index (χ0n) is 18.1. The summed E-state index contributed by atoms with van der Waals surface area (Å²) in [7, 11) is 0. The summed E-state index contributed by atoms with van der Waals surface area (Å²) < 4.78 is 29.3. The number of pyridine rings is 1. The first kappa shape index (κ1) is 20.7. The number of nitrogens with zero attached hydrogens (tertiary/aromatic N) is 7. The maximum Gasteiger partial charge on any atom is 0.223 e. The van der Waals surface area contributed by atoms with Crippen LogP contribution in [0, 0.1) is 11.6 Å². The van der Waals surface area contributed by atoms with E-state index in [4.69, 9.17) is 5.73 Å². The van der Waals surface area contributed by atoms with Gasteiger partial charge in [0.15, 0.2) is 11.5 Å². The number of benzene rings is 2. The number of anilines is 1. The van der Waals surface area contributed by atoms with Gasteiger partial charge in [0.05, 0.1) is 34.4 Å². The number of halogens is 2. The molecular weight excluding hydrogens is 450 g/mol. The molecule has 0 fully saturated rings. The van der Waals surface area contributed by atoms with E-state index in [-0.39, 0.29) is 23.9 Å². The van der Waals surface area contributed by atoms with Crippen LogP contribution in [0.3, 0.4) is 0 Å². The maximum atomic E-state index is 14.2. The average molecular weight is 466 g/mol. The fourth-order valence-corrected chi connectivity index (χ4v) is 3.97. The molecule has 2 aromatic carbocycles. The molecule has 2 N–H and O–H groups in total. The van der Waals surface area contributed by atoms with Gasteiger partial charge in [-0.3, -0.25) is 15.0 Å². The highest BCUT2D eigenvalue weighted by Gasteiger charge is 2.21. The van der Waals surface area contributed by atoms with Crippen LogP contribution in [0.2, 0.25) is 0 Å². The van der Waals surface area contributed by atoms with E-state index in [0.717, 1.165) is 11.1 Å². The van der Waals surface area contributed by atoms with E-state index < -0.39 is 5.82 Å². The lowest BCUT2D eigenvalue weighted by Crippen LogP contribution is -2.06. The molecule has 0 atom stereocenters. The van der Waals surface area contributed by atoms with Crippen LogP contribution in [0.1, 0.15) is 11.5 Å². The predicted molar refractivity (Wildman–Crippen MR) is 126 cm³/mol. The molecule has 4 heterocycles. The molecule has 0 aliphatic rings. The summed E-state index contributed by atoms with van der Waals surface area (Å²) in [4.78, 5) is 22.1. The summed E-state index contributed by atoms with van der Waals surface area (Å²) in [6.45, 7) is 0. The summed E-state index contributed by atoms with van der Waals surface area (Å²) in [5.74, 6) is -0.400. The van der Waals surface area contributed by atoms with Gasteiger partial charge in [-0.1, -0.05) is 6.07 Å². The van der Waals surface area contributed by atoms with Crippen LogP contribution in [-0.4, -0.2) is 34.5 Å². The lowest BCUT2D eigenvalue weighted by molar-refractivity contribution is 0.601. The zero-order chi connectivity index (χ0) is 23.9. The summed E-state index contributed by atoms with van der Waals surface area (Å²) in [6, 6.07) is 14.4. The summed E-state index contributed by atoms with van der Waals surface area (Å²) in [5.41, 5.74) is 10.8. The van der Waals surface area contributed by atoms with Gasteiger partial charge in [0.2, 0.25) is 5.95 Å². The second kappa shape index (κ2) is 8.17. The molecule has 6 aromatic rings. The van der Waals surface area contributed by atoms with Crippen molar-refractivity contribution in [2.45, 2.75) is 6.42 Å². The van der Waals surface area contributed by atoms with Crippen molar-refractivity contribution in [2.24, 2.45) is 0 Å². The number of rotatable bonds is 4. The molecule has 6 rings (SSSR count). The van der Waals surface area contributed by atoms with Crippen LogP contribution in [0.5, 0.6) is 0 Å². The summed E-state index contributed by atoms with van der Waals surface area (Å²) in [6.07, 6.45) is 4.82. The van der Waals surface area contributed by atoms with E-state index in [1.165, 1.54) is 35.0 Å². The van der Waals surface area contributed by atoms with Crippen LogP contribution >= 0.6 is 0 Å². The van der Waals surface area contributed by atoms with Gasteiger partial charge in [0.1, 0.15) is 11.6 Å². The quantitative estimate of drug-likeness (QED) is 0.414. The predicted octanol–water partition coefficient (Wildman–Crippen LogP) is 4.25. The third-order valence-electron chi connectivity index (χ3n) is 5.59. The number of hydrogen-bond acceptors (Lipinski definition) is 7. The first-order valence-corrected chi connectivity index (χ1v) is 10.7. The van der Waals surface area contributed by atoms with Crippen molar-refractivity contribution >= 4 is 22.6 Å². The number of aromatic nitrogens is 7. The van der Waals surface area contributed by atoms with Crippen LogP contribution in [0.4, 0.5) is 14.7 Å². The highest BCUT2D eigenvalue weighted by Crippen LogP contribution is 2.36. The van der Waals surface area contributed by atoms with Crippen LogP contribution < -0.4 is 5.73 Å². The Bertz CT molecular complexity index is 1710. The normalized spacial score (nSPS) is 11.4. The van der Waals surface area contributed by atoms with Crippen molar-refractivity contribution in [3.63, 3.8) is 0 Å². The maximum absolute atomic E-state index is 14.2. The molecule has 10 heteroatoms. The van der Waals surface area contributed by atoms with E-state index in [9.17, 15) is 8.78 Å². The van der Waals surface area contributed by atoms with E-state index in [2.05, 4.69) is 30.0 Å². The SMILES string of the molecule is Nc1nc(-c2ccc(F)cc2)c(-c2ccc3nccnc3c2)c2nc(Cc3ncccc3F)nn12. The van der Waals surface area contributed by atoms with Gasteiger partial charge in [0.25, 0.3) is 0 Å². The molecule has 0 saturated heterocycles. The highest BCUT2D eigenvalue weighted by atomic mass is 19.1. The molecule has 0 unspecified atom stereocenters. The number of nitrogens with two attached hydrogens (primary N) is 1. The van der Waals surface area contributed by atoms with Gasteiger partial charge >= 0.3 is 0 Å².